The van der Waals surface area contributed by atoms with Crippen molar-refractivity contribution in [3.05, 3.63) is 29.8 Å². The Hall–Kier alpha value is -2.70. The van der Waals surface area contributed by atoms with E-state index < -0.39 is 24.5 Å². The first-order chi connectivity index (χ1) is 14.3. The maximum absolute atomic E-state index is 13.1. The van der Waals surface area contributed by atoms with Crippen LogP contribution in [0.1, 0.15) is 38.7 Å². The third-order valence-electron chi connectivity index (χ3n) is 6.88. The van der Waals surface area contributed by atoms with Gasteiger partial charge in [0, 0.05) is 5.69 Å². The van der Waals surface area contributed by atoms with Gasteiger partial charge in [0.25, 0.3) is 5.91 Å². The van der Waals surface area contributed by atoms with Gasteiger partial charge in [-0.1, -0.05) is 32.0 Å². The lowest BCUT2D eigenvalue weighted by atomic mass is 9.81. The van der Waals surface area contributed by atoms with Crippen LogP contribution in [0.4, 0.5) is 5.69 Å². The fraction of sp³-hybridized carbons (Fsp3) is 0.565. The number of ether oxygens (including phenoxy) is 1. The lowest BCUT2D eigenvalue weighted by Crippen LogP contribution is -2.50. The number of imide groups is 1. The molecule has 2 bridgehead atoms. The van der Waals surface area contributed by atoms with Crippen molar-refractivity contribution in [2.75, 3.05) is 11.9 Å². The summed E-state index contributed by atoms with van der Waals surface area (Å²) >= 11 is 0. The van der Waals surface area contributed by atoms with E-state index in [1.54, 1.807) is 26.0 Å². The molecule has 0 unspecified atom stereocenters. The number of amides is 3. The Morgan fingerprint density at radius 2 is 1.70 bits per heavy atom. The molecule has 0 spiro atoms. The summed E-state index contributed by atoms with van der Waals surface area (Å²) in [6.45, 7) is 4.96. The number of nitrogens with zero attached hydrogens (tertiary/aromatic N) is 1. The van der Waals surface area contributed by atoms with Gasteiger partial charge in [-0.05, 0) is 55.6 Å². The first-order valence-corrected chi connectivity index (χ1v) is 10.7. The highest BCUT2D eigenvalue weighted by molar-refractivity contribution is 6.08. The molecule has 1 aromatic rings. The van der Waals surface area contributed by atoms with Crippen LogP contribution in [0.3, 0.4) is 0 Å². The predicted molar refractivity (Wildman–Crippen MR) is 109 cm³/mol. The van der Waals surface area contributed by atoms with Gasteiger partial charge in [-0.25, -0.2) is 4.79 Å². The monoisotopic (exact) mass is 412 g/mol. The minimum absolute atomic E-state index is 0.239. The van der Waals surface area contributed by atoms with Gasteiger partial charge in [0.1, 0.15) is 6.04 Å². The van der Waals surface area contributed by atoms with Crippen molar-refractivity contribution < 1.29 is 23.9 Å². The third-order valence-corrected chi connectivity index (χ3v) is 6.88. The van der Waals surface area contributed by atoms with E-state index in [2.05, 4.69) is 5.32 Å². The van der Waals surface area contributed by atoms with E-state index >= 15 is 0 Å². The van der Waals surface area contributed by atoms with Gasteiger partial charge in [0.15, 0.2) is 6.61 Å². The number of benzene rings is 1. The molecule has 1 saturated heterocycles. The zero-order chi connectivity index (χ0) is 21.6. The van der Waals surface area contributed by atoms with Gasteiger partial charge in [-0.3, -0.25) is 19.3 Å². The molecule has 160 valence electrons. The van der Waals surface area contributed by atoms with E-state index in [1.807, 2.05) is 19.1 Å². The lowest BCUT2D eigenvalue weighted by molar-refractivity contribution is -0.162. The van der Waals surface area contributed by atoms with Crippen LogP contribution in [-0.2, 0) is 23.9 Å². The van der Waals surface area contributed by atoms with Crippen molar-refractivity contribution >= 4 is 29.4 Å². The van der Waals surface area contributed by atoms with Crippen molar-refractivity contribution in [1.82, 2.24) is 4.90 Å². The van der Waals surface area contributed by atoms with Crippen molar-refractivity contribution in [3.63, 3.8) is 0 Å². The van der Waals surface area contributed by atoms with Crippen LogP contribution in [0.2, 0.25) is 0 Å². The topological polar surface area (TPSA) is 92.8 Å². The standard InChI is InChI=1S/C23H28N2O5/c1-12(2)20(23(29)30-11-17(26)24-16-7-5-4-6-13(16)3)25-21(27)18-14-8-9-15(10-14)19(18)22(25)28/h4-7,12,14-15,18-20H,8-11H2,1-3H3,(H,24,26)/t14-,15+,18-,19+,20-/m1/s1. The fourth-order valence-corrected chi connectivity index (χ4v) is 5.50. The molecule has 2 saturated carbocycles. The van der Waals surface area contributed by atoms with Crippen molar-refractivity contribution in [2.24, 2.45) is 29.6 Å². The summed E-state index contributed by atoms with van der Waals surface area (Å²) in [6.07, 6.45) is 2.90. The number of esters is 1. The van der Waals surface area contributed by atoms with Crippen LogP contribution in [0.15, 0.2) is 24.3 Å². The normalized spacial score (nSPS) is 28.1. The summed E-state index contributed by atoms with van der Waals surface area (Å²) < 4.78 is 5.24. The molecule has 7 heteroatoms. The molecule has 1 aliphatic heterocycles. The molecule has 3 aliphatic rings. The maximum atomic E-state index is 13.1. The van der Waals surface area contributed by atoms with Crippen LogP contribution in [-0.4, -0.2) is 41.2 Å². The Labute approximate surface area is 176 Å². The summed E-state index contributed by atoms with van der Waals surface area (Å²) in [5.74, 6) is -2.01. The number of fused-ring (bicyclic) bond motifs is 5. The zero-order valence-corrected chi connectivity index (χ0v) is 17.6. The third kappa shape index (κ3) is 3.40. The smallest absolute Gasteiger partial charge is 0.330 e. The van der Waals surface area contributed by atoms with Gasteiger partial charge >= 0.3 is 5.97 Å². The Balaban J connectivity index is 1.42. The minimum Gasteiger partial charge on any atom is -0.454 e. The largest absolute Gasteiger partial charge is 0.454 e. The summed E-state index contributed by atoms with van der Waals surface area (Å²) in [5.41, 5.74) is 1.54. The van der Waals surface area contributed by atoms with E-state index in [0.717, 1.165) is 29.7 Å². The molecule has 4 rings (SSSR count). The second-order valence-corrected chi connectivity index (χ2v) is 9.09. The molecule has 0 aromatic heterocycles. The first-order valence-electron chi connectivity index (χ1n) is 10.7. The average molecular weight is 412 g/mol. The number of para-hydroxylation sites is 1. The van der Waals surface area contributed by atoms with Gasteiger partial charge < -0.3 is 10.1 Å². The maximum Gasteiger partial charge on any atom is 0.330 e. The Bertz CT molecular complexity index is 867. The highest BCUT2D eigenvalue weighted by Gasteiger charge is 2.62. The van der Waals surface area contributed by atoms with Gasteiger partial charge in [-0.15, -0.1) is 0 Å². The van der Waals surface area contributed by atoms with Gasteiger partial charge in [-0.2, -0.15) is 0 Å². The van der Waals surface area contributed by atoms with E-state index in [4.69, 9.17) is 4.74 Å². The number of hydrogen-bond donors (Lipinski definition) is 1. The average Bonchev–Trinajstić information content (AvgIpc) is 3.38. The van der Waals surface area contributed by atoms with Crippen LogP contribution in [0, 0.1) is 36.5 Å². The van der Waals surface area contributed by atoms with E-state index in [1.165, 1.54) is 0 Å². The van der Waals surface area contributed by atoms with Gasteiger partial charge in [0.2, 0.25) is 11.8 Å². The summed E-state index contributed by atoms with van der Waals surface area (Å²) in [4.78, 5) is 52.4. The Kier molecular flexibility index (Phi) is 5.38. The van der Waals surface area contributed by atoms with E-state index in [0.29, 0.717) is 5.69 Å². The molecule has 5 atom stereocenters. The molecule has 3 fully saturated rings. The summed E-state index contributed by atoms with van der Waals surface area (Å²) in [7, 11) is 0. The summed E-state index contributed by atoms with van der Waals surface area (Å²) in [5, 5.41) is 2.71. The molecule has 1 heterocycles. The predicted octanol–water partition coefficient (Wildman–Crippen LogP) is 2.53. The Morgan fingerprint density at radius 1 is 1.10 bits per heavy atom. The fourth-order valence-electron chi connectivity index (χ4n) is 5.50. The molecular formula is C23H28N2O5. The van der Waals surface area contributed by atoms with E-state index in [-0.39, 0.29) is 41.4 Å². The number of carbonyl (C=O) groups is 4. The quantitative estimate of drug-likeness (QED) is 0.573. The van der Waals surface area contributed by atoms with Crippen molar-refractivity contribution in [3.8, 4) is 0 Å². The number of rotatable bonds is 6. The molecule has 3 amide bonds. The number of nitrogens with one attached hydrogen (secondary N) is 1. The van der Waals surface area contributed by atoms with Crippen LogP contribution >= 0.6 is 0 Å². The van der Waals surface area contributed by atoms with Crippen LogP contribution < -0.4 is 5.32 Å². The zero-order valence-electron chi connectivity index (χ0n) is 17.6. The highest BCUT2D eigenvalue weighted by atomic mass is 16.5. The lowest BCUT2D eigenvalue weighted by Gasteiger charge is -2.28. The number of anilines is 1. The van der Waals surface area contributed by atoms with Crippen molar-refractivity contribution in [2.45, 2.75) is 46.1 Å². The van der Waals surface area contributed by atoms with Gasteiger partial charge in [0.05, 0.1) is 11.8 Å². The highest BCUT2D eigenvalue weighted by Crippen LogP contribution is 2.56. The molecule has 7 nitrogen and oxygen atoms in total. The number of hydrogen-bond acceptors (Lipinski definition) is 5. The second-order valence-electron chi connectivity index (χ2n) is 9.09. The first kappa shape index (κ1) is 20.6. The number of carbonyl (C=O) groups excluding carboxylic acids is 4. The summed E-state index contributed by atoms with van der Waals surface area (Å²) in [6, 6.07) is 6.30. The molecule has 1 N–H and O–H groups in total. The van der Waals surface area contributed by atoms with E-state index in [9.17, 15) is 19.2 Å². The number of likely N-dealkylation sites (tertiary alicyclic amines) is 1. The van der Waals surface area contributed by atoms with Crippen molar-refractivity contribution in [1.29, 1.82) is 0 Å². The minimum atomic E-state index is -0.999. The van der Waals surface area contributed by atoms with Crippen LogP contribution in [0.5, 0.6) is 0 Å². The second kappa shape index (κ2) is 7.85. The molecular weight excluding hydrogens is 384 g/mol. The molecule has 2 aliphatic carbocycles. The molecule has 30 heavy (non-hydrogen) atoms. The Morgan fingerprint density at radius 3 is 2.27 bits per heavy atom. The molecule has 0 radical (unpaired) electrons. The van der Waals surface area contributed by atoms with Crippen LogP contribution in [0.25, 0.3) is 0 Å². The number of aryl methyl sites for hydroxylation is 1. The molecule has 1 aromatic carbocycles. The SMILES string of the molecule is Cc1ccccc1NC(=O)COC(=O)[C@@H](C(C)C)N1C(=O)[C@@H]2[C@@H]3CC[C@@H](C3)[C@@H]2C1=O.